The van der Waals surface area contributed by atoms with Crippen LogP contribution in [0, 0.1) is 10.1 Å². The molecule has 0 fully saturated rings. The van der Waals surface area contributed by atoms with Gasteiger partial charge in [0.2, 0.25) is 11.9 Å². The quantitative estimate of drug-likeness (QED) is 0.314. The van der Waals surface area contributed by atoms with E-state index in [1.165, 1.54) is 46.4 Å². The maximum atomic E-state index is 12.7. The van der Waals surface area contributed by atoms with Crippen LogP contribution in [-0.2, 0) is 11.2 Å². The minimum absolute atomic E-state index is 0.00743. The molecule has 0 atom stereocenters. The van der Waals surface area contributed by atoms with Gasteiger partial charge in [-0.15, -0.1) is 11.3 Å². The maximum absolute atomic E-state index is 12.7. The summed E-state index contributed by atoms with van der Waals surface area (Å²) in [5.74, 6) is 0.220. The van der Waals surface area contributed by atoms with E-state index in [1.54, 1.807) is 6.07 Å². The van der Waals surface area contributed by atoms with Crippen LogP contribution in [0.2, 0.25) is 0 Å². The molecule has 0 aliphatic rings. The molecule has 33 heavy (non-hydrogen) atoms. The molecule has 4 rings (SSSR count). The highest BCUT2D eigenvalue weighted by Gasteiger charge is 2.17. The van der Waals surface area contributed by atoms with Gasteiger partial charge in [-0.2, -0.15) is 9.78 Å². The minimum atomic E-state index is -0.492. The molecule has 0 unspecified atom stereocenters. The van der Waals surface area contributed by atoms with E-state index in [9.17, 15) is 19.7 Å². The molecule has 0 saturated heterocycles. The Hall–Kier alpha value is -4.12. The number of rotatable bonds is 7. The summed E-state index contributed by atoms with van der Waals surface area (Å²) < 4.78 is 1.40. The van der Waals surface area contributed by atoms with Crippen LogP contribution in [0.25, 0.3) is 16.5 Å². The highest BCUT2D eigenvalue weighted by molar-refractivity contribution is 7.13. The van der Waals surface area contributed by atoms with Gasteiger partial charge in [-0.1, -0.05) is 32.0 Å². The third-order valence-electron chi connectivity index (χ3n) is 4.80. The van der Waals surface area contributed by atoms with Crippen molar-refractivity contribution in [1.29, 1.82) is 0 Å². The van der Waals surface area contributed by atoms with E-state index in [0.29, 0.717) is 22.8 Å². The van der Waals surface area contributed by atoms with Crippen molar-refractivity contribution >= 4 is 28.7 Å². The predicted molar refractivity (Wildman–Crippen MR) is 125 cm³/mol. The lowest BCUT2D eigenvalue weighted by molar-refractivity contribution is -0.384. The smallest absolute Gasteiger partial charge is 0.269 e. The fraction of sp³-hybridized carbons (Fsp3) is 0.182. The summed E-state index contributed by atoms with van der Waals surface area (Å²) in [6.45, 7) is 3.86. The number of anilines is 1. The normalized spacial score (nSPS) is 11.0. The van der Waals surface area contributed by atoms with Crippen LogP contribution in [0.4, 0.5) is 11.5 Å². The molecule has 0 spiro atoms. The number of amides is 1. The third kappa shape index (κ3) is 5.04. The van der Waals surface area contributed by atoms with Crippen molar-refractivity contribution in [1.82, 2.24) is 19.7 Å². The highest BCUT2D eigenvalue weighted by Crippen LogP contribution is 2.27. The molecule has 2 N–H and O–H groups in total. The fourth-order valence-electron chi connectivity index (χ4n) is 3.14. The molecule has 0 aliphatic heterocycles. The minimum Gasteiger partial charge on any atom is -0.310 e. The van der Waals surface area contributed by atoms with Gasteiger partial charge >= 0.3 is 0 Å². The molecule has 0 bridgehead atoms. The monoisotopic (exact) mass is 464 g/mol. The molecule has 0 radical (unpaired) electrons. The van der Waals surface area contributed by atoms with Gasteiger partial charge in [0, 0.05) is 24.3 Å². The number of thiophene rings is 1. The average Bonchev–Trinajstić information content (AvgIpc) is 3.43. The molecule has 168 valence electrons. The summed E-state index contributed by atoms with van der Waals surface area (Å²) in [5.41, 5.74) is 1.48. The van der Waals surface area contributed by atoms with Gasteiger partial charge < -0.3 is 5.32 Å². The number of H-pyrrole nitrogens is 1. The molecule has 11 heteroatoms. The van der Waals surface area contributed by atoms with Crippen molar-refractivity contribution < 1.29 is 9.72 Å². The molecule has 1 aromatic carbocycles. The molecular formula is C22H20N6O4S. The van der Waals surface area contributed by atoms with Gasteiger partial charge in [0.1, 0.15) is 11.5 Å². The van der Waals surface area contributed by atoms with Crippen molar-refractivity contribution in [2.24, 2.45) is 0 Å². The fourth-order valence-corrected chi connectivity index (χ4v) is 3.82. The molecule has 0 aliphatic carbocycles. The molecular weight excluding hydrogens is 444 g/mol. The summed E-state index contributed by atoms with van der Waals surface area (Å²) in [6.07, 6.45) is 0.00743. The number of non-ortho nitro benzene ring substituents is 1. The first kappa shape index (κ1) is 22.1. The Morgan fingerprint density at radius 2 is 2.00 bits per heavy atom. The van der Waals surface area contributed by atoms with E-state index in [-0.39, 0.29) is 35.4 Å². The SMILES string of the molecule is CC(C)c1cc(=O)[nH]c(-n2nc(-c3cccs3)cc2NC(=O)Cc2ccc([N+](=O)[O-])cc2)n1. The first-order valence-electron chi connectivity index (χ1n) is 10.1. The number of nitrogens with one attached hydrogen (secondary N) is 2. The highest BCUT2D eigenvalue weighted by atomic mass is 32.1. The van der Waals surface area contributed by atoms with Gasteiger partial charge in [0.25, 0.3) is 11.2 Å². The second-order valence-corrected chi connectivity index (χ2v) is 8.55. The Labute approximate surface area is 192 Å². The Bertz CT molecular complexity index is 1360. The summed E-state index contributed by atoms with van der Waals surface area (Å²) in [7, 11) is 0. The third-order valence-corrected chi connectivity index (χ3v) is 5.70. The van der Waals surface area contributed by atoms with Crippen LogP contribution < -0.4 is 10.9 Å². The lowest BCUT2D eigenvalue weighted by Crippen LogP contribution is -2.20. The Morgan fingerprint density at radius 1 is 1.24 bits per heavy atom. The summed E-state index contributed by atoms with van der Waals surface area (Å²) >= 11 is 1.49. The lowest BCUT2D eigenvalue weighted by atomic mass is 10.1. The van der Waals surface area contributed by atoms with Crippen molar-refractivity contribution in [3.63, 3.8) is 0 Å². The number of carbonyl (C=O) groups is 1. The molecule has 3 heterocycles. The molecule has 10 nitrogen and oxygen atoms in total. The van der Waals surface area contributed by atoms with Crippen LogP contribution >= 0.6 is 11.3 Å². The number of hydrogen-bond acceptors (Lipinski definition) is 7. The van der Waals surface area contributed by atoms with Gasteiger partial charge in [-0.05, 0) is 22.9 Å². The Kier molecular flexibility index (Phi) is 6.13. The summed E-state index contributed by atoms with van der Waals surface area (Å²) in [4.78, 5) is 43.4. The number of carbonyl (C=O) groups excluding carboxylic acids is 1. The molecule has 4 aromatic rings. The maximum Gasteiger partial charge on any atom is 0.269 e. The Balaban J connectivity index is 1.66. The average molecular weight is 465 g/mol. The van der Waals surface area contributed by atoms with E-state index in [0.717, 1.165) is 4.88 Å². The van der Waals surface area contributed by atoms with E-state index in [2.05, 4.69) is 20.4 Å². The van der Waals surface area contributed by atoms with Crippen LogP contribution in [0.5, 0.6) is 0 Å². The Morgan fingerprint density at radius 3 is 2.64 bits per heavy atom. The number of hydrogen-bond donors (Lipinski definition) is 2. The van der Waals surface area contributed by atoms with E-state index < -0.39 is 4.92 Å². The van der Waals surface area contributed by atoms with Crippen molar-refractivity contribution in [3.05, 3.63) is 85.6 Å². The number of nitro benzene ring substituents is 1. The van der Waals surface area contributed by atoms with Crippen LogP contribution in [0.15, 0.2) is 58.7 Å². The van der Waals surface area contributed by atoms with Gasteiger partial charge in [-0.25, -0.2) is 4.98 Å². The first-order valence-corrected chi connectivity index (χ1v) is 11.0. The van der Waals surface area contributed by atoms with E-state index in [1.807, 2.05) is 31.4 Å². The van der Waals surface area contributed by atoms with Gasteiger partial charge in [-0.3, -0.25) is 24.7 Å². The van der Waals surface area contributed by atoms with E-state index >= 15 is 0 Å². The van der Waals surface area contributed by atoms with Crippen molar-refractivity contribution in [2.75, 3.05) is 5.32 Å². The molecule has 1 amide bonds. The van der Waals surface area contributed by atoms with Crippen molar-refractivity contribution in [2.45, 2.75) is 26.2 Å². The standard InChI is InChI=1S/C22H20N6O4S/c1-13(2)16-12-21(30)25-22(23-16)27-19(11-17(26-27)18-4-3-9-33-18)24-20(29)10-14-5-7-15(8-6-14)28(31)32/h3-9,11-13H,10H2,1-2H3,(H,24,29)(H,23,25,30). The van der Waals surface area contributed by atoms with Crippen LogP contribution in [0.3, 0.4) is 0 Å². The number of aromatic nitrogens is 4. The van der Waals surface area contributed by atoms with Gasteiger partial charge in [0.05, 0.1) is 21.9 Å². The van der Waals surface area contributed by atoms with Gasteiger partial charge in [0.15, 0.2) is 0 Å². The second kappa shape index (κ2) is 9.17. The molecule has 3 aromatic heterocycles. The number of nitro groups is 1. The largest absolute Gasteiger partial charge is 0.310 e. The van der Waals surface area contributed by atoms with Crippen molar-refractivity contribution in [3.8, 4) is 16.5 Å². The zero-order valence-corrected chi connectivity index (χ0v) is 18.6. The zero-order chi connectivity index (χ0) is 23.5. The summed E-state index contributed by atoms with van der Waals surface area (Å²) in [5, 5.41) is 20.1. The second-order valence-electron chi connectivity index (χ2n) is 7.60. The van der Waals surface area contributed by atoms with Crippen LogP contribution in [-0.4, -0.2) is 30.6 Å². The van der Waals surface area contributed by atoms with E-state index in [4.69, 9.17) is 0 Å². The topological polar surface area (TPSA) is 136 Å². The lowest BCUT2D eigenvalue weighted by Gasteiger charge is -2.10. The summed E-state index contributed by atoms with van der Waals surface area (Å²) in [6, 6.07) is 12.7. The zero-order valence-electron chi connectivity index (χ0n) is 17.8. The first-order chi connectivity index (χ1) is 15.8. The molecule has 0 saturated carbocycles. The van der Waals surface area contributed by atoms with Crippen LogP contribution in [0.1, 0.15) is 31.0 Å². The number of aromatic amines is 1. The number of benzene rings is 1. The predicted octanol–water partition coefficient (Wildman–Crippen LogP) is 3.90. The number of nitrogens with zero attached hydrogens (tertiary/aromatic N) is 4.